The molecule has 1 heterocycles. The maximum absolute atomic E-state index is 12.0. The van der Waals surface area contributed by atoms with Crippen LogP contribution in [-0.4, -0.2) is 9.13 Å². The molecule has 0 fully saturated rings. The molecule has 1 aromatic heterocycles. The van der Waals surface area contributed by atoms with E-state index in [1.54, 1.807) is 28.8 Å². The molecule has 1 aromatic carbocycles. The fraction of sp³-hybridized carbons (Fsp3) is 0.308. The van der Waals surface area contributed by atoms with Crippen LogP contribution in [0.25, 0.3) is 10.9 Å². The number of nitrogens with zero attached hydrogens (tertiary/aromatic N) is 3. The van der Waals surface area contributed by atoms with E-state index in [2.05, 4.69) is 0 Å². The lowest BCUT2D eigenvalue weighted by atomic mass is 10.2. The van der Waals surface area contributed by atoms with Gasteiger partial charge in [0.05, 0.1) is 17.0 Å². The van der Waals surface area contributed by atoms with Crippen LogP contribution in [0.15, 0.2) is 33.9 Å². The van der Waals surface area contributed by atoms with Gasteiger partial charge in [-0.05, 0) is 18.6 Å². The van der Waals surface area contributed by atoms with E-state index in [1.165, 1.54) is 7.05 Å². The van der Waals surface area contributed by atoms with Crippen molar-refractivity contribution in [2.45, 2.75) is 19.4 Å². The zero-order valence-electron chi connectivity index (χ0n) is 10.1. The SMILES string of the molecule is Cn1c(=O)c2ccccc2n(CCCC#N)c1=O. The molecule has 0 aliphatic rings. The second-order valence-corrected chi connectivity index (χ2v) is 4.08. The summed E-state index contributed by atoms with van der Waals surface area (Å²) in [7, 11) is 1.47. The Morgan fingerprint density at radius 1 is 1.28 bits per heavy atom. The van der Waals surface area contributed by atoms with Crippen molar-refractivity contribution in [2.75, 3.05) is 0 Å². The van der Waals surface area contributed by atoms with E-state index in [4.69, 9.17) is 5.26 Å². The molecule has 2 rings (SSSR count). The Bertz CT molecular complexity index is 734. The Balaban J connectivity index is 2.68. The van der Waals surface area contributed by atoms with Gasteiger partial charge < -0.3 is 0 Å². The van der Waals surface area contributed by atoms with Crippen LogP contribution in [0.3, 0.4) is 0 Å². The molecule has 0 atom stereocenters. The first-order chi connectivity index (χ1) is 8.66. The van der Waals surface area contributed by atoms with Crippen LogP contribution >= 0.6 is 0 Å². The van der Waals surface area contributed by atoms with Gasteiger partial charge in [0.1, 0.15) is 0 Å². The highest BCUT2D eigenvalue weighted by Gasteiger charge is 2.09. The maximum Gasteiger partial charge on any atom is 0.331 e. The number of para-hydroxylation sites is 1. The Hall–Kier alpha value is -2.35. The second kappa shape index (κ2) is 4.88. The van der Waals surface area contributed by atoms with Crippen LogP contribution < -0.4 is 11.2 Å². The molecular formula is C13H13N3O2. The first-order valence-corrected chi connectivity index (χ1v) is 5.72. The van der Waals surface area contributed by atoms with Gasteiger partial charge >= 0.3 is 5.69 Å². The van der Waals surface area contributed by atoms with Gasteiger partial charge in [-0.1, -0.05) is 12.1 Å². The number of benzene rings is 1. The van der Waals surface area contributed by atoms with Gasteiger partial charge in [-0.2, -0.15) is 5.26 Å². The van der Waals surface area contributed by atoms with Gasteiger partial charge in [0, 0.05) is 20.0 Å². The minimum atomic E-state index is -0.336. The number of fused-ring (bicyclic) bond motifs is 1. The quantitative estimate of drug-likeness (QED) is 0.755. The van der Waals surface area contributed by atoms with Crippen LogP contribution in [-0.2, 0) is 13.6 Å². The first kappa shape index (κ1) is 12.1. The monoisotopic (exact) mass is 243 g/mol. The molecule has 0 spiro atoms. The zero-order valence-corrected chi connectivity index (χ0v) is 10.1. The topological polar surface area (TPSA) is 67.8 Å². The number of unbranched alkanes of at least 4 members (excludes halogenated alkanes) is 1. The van der Waals surface area contributed by atoms with Gasteiger partial charge in [0.15, 0.2) is 0 Å². The molecule has 0 amide bonds. The summed E-state index contributed by atoms with van der Waals surface area (Å²) in [6.07, 6.45) is 0.988. The summed E-state index contributed by atoms with van der Waals surface area (Å²) in [6.45, 7) is 0.445. The lowest BCUT2D eigenvalue weighted by molar-refractivity contribution is 0.601. The van der Waals surface area contributed by atoms with Gasteiger partial charge in [-0.25, -0.2) is 4.79 Å². The molecule has 2 aromatic rings. The second-order valence-electron chi connectivity index (χ2n) is 4.08. The summed E-state index contributed by atoms with van der Waals surface area (Å²) in [5, 5.41) is 9.06. The van der Waals surface area contributed by atoms with E-state index in [1.807, 2.05) is 6.07 Å². The van der Waals surface area contributed by atoms with Crippen molar-refractivity contribution in [3.05, 3.63) is 45.1 Å². The van der Waals surface area contributed by atoms with Crippen molar-refractivity contribution >= 4 is 10.9 Å². The Labute approximate surface area is 104 Å². The Kier molecular flexibility index (Phi) is 3.28. The fourth-order valence-electron chi connectivity index (χ4n) is 1.97. The summed E-state index contributed by atoms with van der Waals surface area (Å²) in [5.74, 6) is 0. The van der Waals surface area contributed by atoms with Crippen molar-refractivity contribution in [1.82, 2.24) is 9.13 Å². The number of hydrogen-bond acceptors (Lipinski definition) is 3. The minimum absolute atomic E-state index is 0.285. The molecule has 0 unspecified atom stereocenters. The van der Waals surface area contributed by atoms with Crippen LogP contribution in [0.4, 0.5) is 0 Å². The molecule has 92 valence electrons. The molecule has 5 heteroatoms. The highest BCUT2D eigenvalue weighted by Crippen LogP contribution is 2.07. The molecule has 0 aliphatic heterocycles. The number of aryl methyl sites for hydroxylation is 1. The standard InChI is InChI=1S/C13H13N3O2/c1-15-12(17)10-6-2-3-7-11(10)16(13(15)18)9-5-4-8-14/h2-3,6-7H,4-5,9H2,1H3. The molecule has 0 saturated carbocycles. The third-order valence-electron chi connectivity index (χ3n) is 2.92. The van der Waals surface area contributed by atoms with Crippen LogP contribution in [0, 0.1) is 11.3 Å². The lowest BCUT2D eigenvalue weighted by Gasteiger charge is -2.10. The summed E-state index contributed by atoms with van der Waals surface area (Å²) in [4.78, 5) is 24.0. The van der Waals surface area contributed by atoms with Gasteiger partial charge in [0.2, 0.25) is 0 Å². The molecular weight excluding hydrogens is 230 g/mol. The Morgan fingerprint density at radius 3 is 2.72 bits per heavy atom. The lowest BCUT2D eigenvalue weighted by Crippen LogP contribution is -2.38. The van der Waals surface area contributed by atoms with E-state index in [0.717, 1.165) is 4.57 Å². The maximum atomic E-state index is 12.0. The van der Waals surface area contributed by atoms with Crippen molar-refractivity contribution < 1.29 is 0 Å². The van der Waals surface area contributed by atoms with Crippen LogP contribution in [0.2, 0.25) is 0 Å². The fourth-order valence-corrected chi connectivity index (χ4v) is 1.97. The summed E-state index contributed by atoms with van der Waals surface area (Å²) in [5.41, 5.74) is 0.00677. The predicted octanol–water partition coefficient (Wildman–Crippen LogP) is 1.00. The van der Waals surface area contributed by atoms with Crippen LogP contribution in [0.1, 0.15) is 12.8 Å². The van der Waals surface area contributed by atoms with Crippen molar-refractivity contribution in [3.8, 4) is 6.07 Å². The van der Waals surface area contributed by atoms with E-state index in [9.17, 15) is 9.59 Å². The zero-order chi connectivity index (χ0) is 13.1. The number of rotatable bonds is 3. The highest BCUT2D eigenvalue weighted by atomic mass is 16.2. The summed E-state index contributed by atoms with van der Waals surface area (Å²) >= 11 is 0. The first-order valence-electron chi connectivity index (χ1n) is 5.72. The molecule has 0 bridgehead atoms. The third-order valence-corrected chi connectivity index (χ3v) is 2.92. The number of nitriles is 1. The van der Waals surface area contributed by atoms with Gasteiger partial charge in [-0.3, -0.25) is 13.9 Å². The normalized spacial score (nSPS) is 10.4. The number of hydrogen-bond donors (Lipinski definition) is 0. The van der Waals surface area contributed by atoms with Gasteiger partial charge in [0.25, 0.3) is 5.56 Å². The van der Waals surface area contributed by atoms with E-state index in [-0.39, 0.29) is 11.2 Å². The largest absolute Gasteiger partial charge is 0.331 e. The predicted molar refractivity (Wildman–Crippen MR) is 68.3 cm³/mol. The molecule has 0 N–H and O–H groups in total. The average molecular weight is 243 g/mol. The van der Waals surface area contributed by atoms with Crippen molar-refractivity contribution in [3.63, 3.8) is 0 Å². The van der Waals surface area contributed by atoms with E-state index in [0.29, 0.717) is 30.3 Å². The van der Waals surface area contributed by atoms with E-state index < -0.39 is 0 Å². The molecule has 0 aliphatic carbocycles. The Morgan fingerprint density at radius 2 is 2.00 bits per heavy atom. The van der Waals surface area contributed by atoms with Crippen molar-refractivity contribution in [2.24, 2.45) is 7.05 Å². The number of aromatic nitrogens is 2. The molecule has 0 radical (unpaired) electrons. The summed E-state index contributed by atoms with van der Waals surface area (Å²) in [6, 6.07) is 9.07. The van der Waals surface area contributed by atoms with Crippen LogP contribution in [0.5, 0.6) is 0 Å². The van der Waals surface area contributed by atoms with Gasteiger partial charge in [-0.15, -0.1) is 0 Å². The average Bonchev–Trinajstić information content (AvgIpc) is 2.40. The smallest absolute Gasteiger partial charge is 0.293 e. The molecule has 5 nitrogen and oxygen atoms in total. The van der Waals surface area contributed by atoms with E-state index >= 15 is 0 Å². The van der Waals surface area contributed by atoms with Crippen molar-refractivity contribution in [1.29, 1.82) is 5.26 Å². The summed E-state index contributed by atoms with van der Waals surface area (Å²) < 4.78 is 2.66. The highest BCUT2D eigenvalue weighted by molar-refractivity contribution is 5.77. The molecule has 0 saturated heterocycles. The molecule has 18 heavy (non-hydrogen) atoms. The minimum Gasteiger partial charge on any atom is -0.293 e. The third kappa shape index (κ3) is 1.93.